The molecule has 0 aromatic heterocycles. The van der Waals surface area contributed by atoms with Crippen LogP contribution in [0.2, 0.25) is 0 Å². The van der Waals surface area contributed by atoms with E-state index in [0.29, 0.717) is 5.41 Å². The molecule has 0 radical (unpaired) electrons. The molecule has 1 N–H and O–H groups in total. The first-order chi connectivity index (χ1) is 7.24. The Balaban J connectivity index is 4.16. The van der Waals surface area contributed by atoms with Gasteiger partial charge in [-0.05, 0) is 31.2 Å². The molecule has 2 nitrogen and oxygen atoms in total. The molecule has 0 aromatic carbocycles. The minimum atomic E-state index is 0.460. The molecule has 0 aliphatic rings. The molecule has 0 spiro atoms. The molecule has 0 rings (SSSR count). The van der Waals surface area contributed by atoms with E-state index in [1.165, 1.54) is 32.1 Å². The van der Waals surface area contributed by atoms with Crippen molar-refractivity contribution in [2.45, 2.75) is 52.9 Å². The van der Waals surface area contributed by atoms with Crippen LogP contribution in [-0.2, 0) is 4.74 Å². The van der Waals surface area contributed by atoms with Crippen molar-refractivity contribution in [3.05, 3.63) is 0 Å². The minimum Gasteiger partial charge on any atom is -0.385 e. The molecule has 15 heavy (non-hydrogen) atoms. The summed E-state index contributed by atoms with van der Waals surface area (Å²) in [7, 11) is 1.80. The second-order valence-electron chi connectivity index (χ2n) is 4.48. The second-order valence-corrected chi connectivity index (χ2v) is 4.48. The molecule has 0 heterocycles. The first kappa shape index (κ1) is 14.9. The number of hydrogen-bond acceptors (Lipinski definition) is 2. The van der Waals surface area contributed by atoms with E-state index in [1.54, 1.807) is 7.11 Å². The highest BCUT2D eigenvalue weighted by molar-refractivity contribution is 4.80. The van der Waals surface area contributed by atoms with Crippen molar-refractivity contribution in [1.29, 1.82) is 0 Å². The van der Waals surface area contributed by atoms with E-state index in [0.717, 1.165) is 19.7 Å². The van der Waals surface area contributed by atoms with Gasteiger partial charge in [0.05, 0.1) is 0 Å². The summed E-state index contributed by atoms with van der Waals surface area (Å²) in [6, 6.07) is 0. The van der Waals surface area contributed by atoms with E-state index in [2.05, 4.69) is 26.1 Å². The molecule has 0 fully saturated rings. The van der Waals surface area contributed by atoms with Crippen LogP contribution in [0, 0.1) is 5.41 Å². The third-order valence-corrected chi connectivity index (χ3v) is 3.40. The molecule has 1 atom stereocenters. The Morgan fingerprint density at radius 3 is 2.33 bits per heavy atom. The Kier molecular flexibility index (Phi) is 9.12. The Bertz CT molecular complexity index is 115. The van der Waals surface area contributed by atoms with Crippen molar-refractivity contribution in [3.8, 4) is 0 Å². The maximum absolute atomic E-state index is 5.23. The van der Waals surface area contributed by atoms with Gasteiger partial charge in [0.15, 0.2) is 0 Å². The predicted octanol–water partition coefficient (Wildman–Crippen LogP) is 3.22. The van der Waals surface area contributed by atoms with Crippen LogP contribution in [0.5, 0.6) is 0 Å². The van der Waals surface area contributed by atoms with Gasteiger partial charge in [-0.15, -0.1) is 0 Å². The molecule has 0 aliphatic carbocycles. The quantitative estimate of drug-likeness (QED) is 0.604. The monoisotopic (exact) mass is 215 g/mol. The van der Waals surface area contributed by atoms with E-state index in [1.807, 2.05) is 0 Å². The molecule has 0 bridgehead atoms. The molecule has 1 unspecified atom stereocenters. The molecule has 0 saturated heterocycles. The number of nitrogens with one attached hydrogen (secondary N) is 1. The molecule has 2 heteroatoms. The molecular formula is C13H29NO. The fraction of sp³-hybridized carbons (Fsp3) is 1.00. The number of hydrogen-bond donors (Lipinski definition) is 1. The average Bonchev–Trinajstić information content (AvgIpc) is 2.29. The molecule has 0 aromatic rings. The second kappa shape index (κ2) is 9.17. The van der Waals surface area contributed by atoms with Gasteiger partial charge in [-0.3, -0.25) is 0 Å². The highest BCUT2D eigenvalue weighted by atomic mass is 16.5. The molecule has 92 valence electrons. The van der Waals surface area contributed by atoms with Gasteiger partial charge >= 0.3 is 0 Å². The van der Waals surface area contributed by atoms with Gasteiger partial charge in [0, 0.05) is 20.3 Å². The van der Waals surface area contributed by atoms with Crippen LogP contribution >= 0.6 is 0 Å². The summed E-state index contributed by atoms with van der Waals surface area (Å²) >= 11 is 0. The van der Waals surface area contributed by atoms with E-state index in [9.17, 15) is 0 Å². The maximum atomic E-state index is 5.23. The van der Waals surface area contributed by atoms with E-state index in [4.69, 9.17) is 4.74 Å². The standard InChI is InChI=1S/C13H29NO/c1-5-8-9-13(6-2,10-11-15-4)12-14-7-3/h14H,5-12H2,1-4H3. The van der Waals surface area contributed by atoms with Crippen molar-refractivity contribution in [2.75, 3.05) is 26.8 Å². The van der Waals surface area contributed by atoms with Gasteiger partial charge in [-0.1, -0.05) is 33.6 Å². The van der Waals surface area contributed by atoms with Gasteiger partial charge < -0.3 is 10.1 Å². The highest BCUT2D eigenvalue weighted by Crippen LogP contribution is 2.32. The van der Waals surface area contributed by atoms with Crippen molar-refractivity contribution >= 4 is 0 Å². The number of ether oxygens (including phenoxy) is 1. The Labute approximate surface area is 95.8 Å². The zero-order valence-electron chi connectivity index (χ0n) is 11.1. The van der Waals surface area contributed by atoms with Gasteiger partial charge in [-0.2, -0.15) is 0 Å². The molecule has 0 aliphatic heterocycles. The lowest BCUT2D eigenvalue weighted by Gasteiger charge is -2.33. The molecule has 0 saturated carbocycles. The summed E-state index contributed by atoms with van der Waals surface area (Å²) in [4.78, 5) is 0. The van der Waals surface area contributed by atoms with Crippen LogP contribution in [0.15, 0.2) is 0 Å². The fourth-order valence-electron chi connectivity index (χ4n) is 2.04. The topological polar surface area (TPSA) is 21.3 Å². The molecule has 0 amide bonds. The van der Waals surface area contributed by atoms with Crippen LogP contribution in [0.25, 0.3) is 0 Å². The lowest BCUT2D eigenvalue weighted by molar-refractivity contribution is 0.120. The summed E-state index contributed by atoms with van der Waals surface area (Å²) in [6.45, 7) is 9.86. The van der Waals surface area contributed by atoms with Crippen LogP contribution in [0.4, 0.5) is 0 Å². The summed E-state index contributed by atoms with van der Waals surface area (Å²) in [5.74, 6) is 0. The van der Waals surface area contributed by atoms with E-state index >= 15 is 0 Å². The Hall–Kier alpha value is -0.0800. The van der Waals surface area contributed by atoms with Gasteiger partial charge in [0.25, 0.3) is 0 Å². The fourth-order valence-corrected chi connectivity index (χ4v) is 2.04. The lowest BCUT2D eigenvalue weighted by atomic mass is 9.77. The van der Waals surface area contributed by atoms with Crippen LogP contribution in [0.3, 0.4) is 0 Å². The summed E-state index contributed by atoms with van der Waals surface area (Å²) in [5.41, 5.74) is 0.460. The summed E-state index contributed by atoms with van der Waals surface area (Å²) in [5, 5.41) is 3.50. The number of unbranched alkanes of at least 4 members (excludes halogenated alkanes) is 1. The zero-order chi connectivity index (χ0) is 11.6. The van der Waals surface area contributed by atoms with Crippen LogP contribution in [-0.4, -0.2) is 26.8 Å². The average molecular weight is 215 g/mol. The number of rotatable bonds is 10. The number of methoxy groups -OCH3 is 1. The smallest absolute Gasteiger partial charge is 0.0468 e. The Morgan fingerprint density at radius 2 is 1.87 bits per heavy atom. The SMILES string of the molecule is CCCCC(CC)(CCOC)CNCC. The van der Waals surface area contributed by atoms with Gasteiger partial charge in [0.1, 0.15) is 0 Å². The maximum Gasteiger partial charge on any atom is 0.0468 e. The van der Waals surface area contributed by atoms with Crippen LogP contribution < -0.4 is 5.32 Å². The molecular weight excluding hydrogens is 186 g/mol. The Morgan fingerprint density at radius 1 is 1.13 bits per heavy atom. The van der Waals surface area contributed by atoms with Crippen molar-refractivity contribution in [3.63, 3.8) is 0 Å². The third-order valence-electron chi connectivity index (χ3n) is 3.40. The van der Waals surface area contributed by atoms with Crippen molar-refractivity contribution in [2.24, 2.45) is 5.41 Å². The van der Waals surface area contributed by atoms with Crippen LogP contribution in [0.1, 0.15) is 52.9 Å². The summed E-state index contributed by atoms with van der Waals surface area (Å²) < 4.78 is 5.23. The lowest BCUT2D eigenvalue weighted by Crippen LogP contribution is -2.35. The van der Waals surface area contributed by atoms with Gasteiger partial charge in [0.2, 0.25) is 0 Å². The summed E-state index contributed by atoms with van der Waals surface area (Å²) in [6.07, 6.45) is 6.40. The first-order valence-electron chi connectivity index (χ1n) is 6.44. The largest absolute Gasteiger partial charge is 0.385 e. The van der Waals surface area contributed by atoms with Gasteiger partial charge in [-0.25, -0.2) is 0 Å². The van der Waals surface area contributed by atoms with E-state index in [-0.39, 0.29) is 0 Å². The highest BCUT2D eigenvalue weighted by Gasteiger charge is 2.26. The predicted molar refractivity (Wildman–Crippen MR) is 67.3 cm³/mol. The normalized spacial score (nSPS) is 15.2. The van der Waals surface area contributed by atoms with E-state index < -0.39 is 0 Å². The zero-order valence-corrected chi connectivity index (χ0v) is 11.1. The van der Waals surface area contributed by atoms with Crippen molar-refractivity contribution in [1.82, 2.24) is 5.32 Å². The van der Waals surface area contributed by atoms with Crippen molar-refractivity contribution < 1.29 is 4.74 Å². The first-order valence-corrected chi connectivity index (χ1v) is 6.44. The minimum absolute atomic E-state index is 0.460. The third kappa shape index (κ3) is 6.16.